The summed E-state index contributed by atoms with van der Waals surface area (Å²) in [5.41, 5.74) is 8.92. The van der Waals surface area contributed by atoms with E-state index in [9.17, 15) is 28.8 Å². The third-order valence-corrected chi connectivity index (χ3v) is 21.1. The molecule has 15 rings (SSSR count). The first-order valence-electron chi connectivity index (χ1n) is 39.3. The molecule has 4 N–H and O–H groups in total. The van der Waals surface area contributed by atoms with Crippen molar-refractivity contribution < 1.29 is 0 Å². The van der Waals surface area contributed by atoms with E-state index in [1.54, 1.807) is 13.7 Å². The van der Waals surface area contributed by atoms with Gasteiger partial charge in [0.2, 0.25) is 0 Å². The van der Waals surface area contributed by atoms with Crippen molar-refractivity contribution in [3.05, 3.63) is 260 Å². The first-order chi connectivity index (χ1) is 54.6. The van der Waals surface area contributed by atoms with Gasteiger partial charge >= 0.3 is 17.1 Å². The van der Waals surface area contributed by atoms with Crippen molar-refractivity contribution in [3.63, 3.8) is 0 Å². The van der Waals surface area contributed by atoms with E-state index in [1.165, 1.54) is 96.5 Å². The average Bonchev–Trinajstić information content (AvgIpc) is 1.62. The molecule has 26 heteroatoms. The summed E-state index contributed by atoms with van der Waals surface area (Å²) in [4.78, 5) is 87.9. The van der Waals surface area contributed by atoms with Gasteiger partial charge in [0.05, 0.1) is 19.6 Å². The van der Waals surface area contributed by atoms with Gasteiger partial charge < -0.3 is 21.3 Å². The Morgan fingerprint density at radius 1 is 0.381 bits per heavy atom. The van der Waals surface area contributed by atoms with E-state index in [0.29, 0.717) is 108 Å². The van der Waals surface area contributed by atoms with Crippen LogP contribution in [-0.4, -0.2) is 110 Å². The highest BCUT2D eigenvalue weighted by atomic mass is 127. The lowest BCUT2D eigenvalue weighted by Crippen LogP contribution is -2.38. The van der Waals surface area contributed by atoms with Gasteiger partial charge in [-0.15, -0.1) is 0 Å². The Hall–Kier alpha value is -9.49. The van der Waals surface area contributed by atoms with Crippen LogP contribution in [0.5, 0.6) is 0 Å². The molecular weight excluding hydrogens is 1640 g/mol. The molecule has 3 unspecified atom stereocenters. The third-order valence-electron chi connectivity index (χ3n) is 21.1. The van der Waals surface area contributed by atoms with Crippen LogP contribution in [-0.2, 0) is 60.4 Å². The normalized spacial score (nSPS) is 15.8. The highest BCUT2D eigenvalue weighted by Crippen LogP contribution is 2.34. The number of benzene rings is 6. The number of halogens is 2. The molecule has 6 aromatic heterocycles. The van der Waals surface area contributed by atoms with Crippen LogP contribution in [0.25, 0.3) is 33.1 Å². The van der Waals surface area contributed by atoms with Gasteiger partial charge in [-0.2, -0.15) is 15.3 Å². The first kappa shape index (κ1) is 84.4. The molecular formula is C87H110I2N18O6. The van der Waals surface area contributed by atoms with Gasteiger partial charge in [-0.25, -0.2) is 28.4 Å². The highest BCUT2D eigenvalue weighted by molar-refractivity contribution is 14.1. The van der Waals surface area contributed by atoms with Gasteiger partial charge in [0, 0.05) is 76.0 Å². The highest BCUT2D eigenvalue weighted by Gasteiger charge is 2.29. The van der Waals surface area contributed by atoms with Crippen molar-refractivity contribution in [1.82, 2.24) is 71.9 Å². The number of anilines is 6. The Kier molecular flexibility index (Phi) is 29.2. The van der Waals surface area contributed by atoms with Gasteiger partial charge in [0.15, 0.2) is 16.9 Å². The number of hydrogen-bond acceptors (Lipinski definition) is 15. The lowest BCUT2D eigenvalue weighted by molar-refractivity contribution is 0.187. The molecule has 24 nitrogen and oxygen atoms in total. The second-order valence-corrected chi connectivity index (χ2v) is 30.9. The fourth-order valence-electron chi connectivity index (χ4n) is 15.4. The van der Waals surface area contributed by atoms with Crippen LogP contribution in [0.15, 0.2) is 193 Å². The summed E-state index contributed by atoms with van der Waals surface area (Å²) in [6.07, 6.45) is 9.76. The zero-order valence-corrected chi connectivity index (χ0v) is 71.9. The van der Waals surface area contributed by atoms with Gasteiger partial charge in [0.25, 0.3) is 16.7 Å². The molecule has 0 bridgehead atoms. The molecule has 598 valence electrons. The van der Waals surface area contributed by atoms with Crippen molar-refractivity contribution in [2.24, 2.45) is 38.9 Å². The fraction of sp³-hybridized carbons (Fsp3) is 0.414. The maximum Gasteiger partial charge on any atom is 0.332 e. The van der Waals surface area contributed by atoms with Crippen LogP contribution in [0.3, 0.4) is 0 Å². The average molecular weight is 1750 g/mol. The summed E-state index contributed by atoms with van der Waals surface area (Å²) < 4.78 is 13.8. The number of nitrogens with zero attached hydrogens (tertiary/aromatic N) is 14. The number of nitrogens with one attached hydrogen (secondary N) is 4. The van der Waals surface area contributed by atoms with Crippen molar-refractivity contribution in [3.8, 4) is 0 Å². The smallest absolute Gasteiger partial charge is 0.332 e. The van der Waals surface area contributed by atoms with E-state index < -0.39 is 0 Å². The van der Waals surface area contributed by atoms with Gasteiger partial charge in [-0.1, -0.05) is 227 Å². The number of piperidine rings is 2. The summed E-state index contributed by atoms with van der Waals surface area (Å²) in [5.74, 6) is 2.44. The predicted molar refractivity (Wildman–Crippen MR) is 476 cm³/mol. The second kappa shape index (κ2) is 39.0. The van der Waals surface area contributed by atoms with E-state index in [2.05, 4.69) is 177 Å². The molecule has 3 saturated heterocycles. The molecule has 6 aromatic carbocycles. The Balaban J connectivity index is 0.000000164. The summed E-state index contributed by atoms with van der Waals surface area (Å²) in [7, 11) is 8.98. The molecule has 113 heavy (non-hydrogen) atoms. The largest absolute Gasteiger partial charge is 0.340 e. The van der Waals surface area contributed by atoms with Crippen molar-refractivity contribution in [2.45, 2.75) is 150 Å². The number of likely N-dealkylation sites (tertiary alicyclic amines) is 2. The number of aromatic nitrogens is 12. The minimum absolute atomic E-state index is 0.222. The van der Waals surface area contributed by atoms with Crippen LogP contribution >= 0.6 is 45.2 Å². The molecule has 0 radical (unpaired) electrons. The van der Waals surface area contributed by atoms with E-state index in [4.69, 9.17) is 15.3 Å². The Morgan fingerprint density at radius 3 is 0.973 bits per heavy atom. The summed E-state index contributed by atoms with van der Waals surface area (Å²) in [5, 5.41) is 29.6. The Bertz CT molecular complexity index is 5540. The van der Waals surface area contributed by atoms with Crippen LogP contribution in [0, 0.1) is 17.8 Å². The minimum atomic E-state index is -0.349. The zero-order valence-electron chi connectivity index (χ0n) is 67.5. The molecule has 3 fully saturated rings. The van der Waals surface area contributed by atoms with Crippen LogP contribution < -0.4 is 55.0 Å². The zero-order chi connectivity index (χ0) is 80.7. The molecule has 0 aliphatic carbocycles. The van der Waals surface area contributed by atoms with E-state index >= 15 is 0 Å². The summed E-state index contributed by atoms with van der Waals surface area (Å²) in [6.45, 7) is 18.5. The Labute approximate surface area is 688 Å². The quantitative estimate of drug-likeness (QED) is 0.0386. The summed E-state index contributed by atoms with van der Waals surface area (Å²) >= 11 is 4.30. The van der Waals surface area contributed by atoms with Crippen molar-refractivity contribution in [2.75, 3.05) is 59.5 Å². The molecule has 12 aromatic rings. The number of alkyl halides is 2. The predicted octanol–water partition coefficient (Wildman–Crippen LogP) is 14.9. The monoisotopic (exact) mass is 1750 g/mol. The first-order valence-corrected chi connectivity index (χ1v) is 43.6. The van der Waals surface area contributed by atoms with E-state index in [1.807, 2.05) is 143 Å². The third kappa shape index (κ3) is 19.7. The lowest BCUT2D eigenvalue weighted by atomic mass is 9.93. The molecule has 0 spiro atoms. The standard InChI is InChI=1S/C29H36N6O2.2C28H34N6O2.2CH3I/c1-20(2)18-34-27-25(28(36)33(4)29(34)37)26(30-23-10-6-5-7-11-23)35(31-27)19-21-13-15-22(16-14-21)24-12-8-9-17-32(24)3;1-19(2)17-33-26-24(27(35)32(4)28(33)36)25(29-22-9-6-5-7-10-22)34(30-26)18-20-12-14-21(15-13-20)23-11-8-16-31(23)3;1-19(2)17-33-26-24(27(35)32(3)28(33)36)25(30-22-9-5-4-6-10-22)34(31-26)18-20-12-14-21(15-13-20)23-11-7-8-16-29-23;2*1-2/h5-7,10-11,13-16,20,24,30H,8-9,12,17-19H2,1-4H3;5-7,9-10,12-15,19,23,29H,8,11,16-18H2,1-4H3;4-6,9-10,12-15,19,23,29-30H,7-8,11,16-18H2,1-3H3;2*1H3/i2*3-1;;2*1-1. The molecule has 0 amide bonds. The van der Waals surface area contributed by atoms with Gasteiger partial charge in [-0.3, -0.25) is 51.6 Å². The maximum absolute atomic E-state index is 13.4. The molecule has 9 heterocycles. The van der Waals surface area contributed by atoms with Crippen LogP contribution in [0.4, 0.5) is 34.5 Å². The molecule has 3 atom stereocenters. The minimum Gasteiger partial charge on any atom is -0.340 e. The van der Waals surface area contributed by atoms with E-state index in [0.717, 1.165) is 59.8 Å². The van der Waals surface area contributed by atoms with Crippen molar-refractivity contribution >= 4 is 113 Å². The fourth-order valence-corrected chi connectivity index (χ4v) is 15.4. The number of para-hydroxylation sites is 3. The Morgan fingerprint density at radius 2 is 0.681 bits per heavy atom. The maximum atomic E-state index is 13.4. The summed E-state index contributed by atoms with van der Waals surface area (Å²) in [6, 6.07) is 56.5. The molecule has 3 aliphatic heterocycles. The second-order valence-electron chi connectivity index (χ2n) is 30.9. The van der Waals surface area contributed by atoms with E-state index in [-0.39, 0.29) is 51.5 Å². The van der Waals surface area contributed by atoms with Gasteiger partial charge in [0.1, 0.15) is 33.6 Å². The number of fused-ring (bicyclic) bond motifs is 3. The number of hydrogen-bond donors (Lipinski definition) is 4. The molecule has 3 aliphatic rings. The van der Waals surface area contributed by atoms with Crippen LogP contribution in [0.2, 0.25) is 0 Å². The van der Waals surface area contributed by atoms with Gasteiger partial charge in [-0.05, 0) is 170 Å². The van der Waals surface area contributed by atoms with Crippen molar-refractivity contribution in [1.29, 1.82) is 0 Å². The lowest BCUT2D eigenvalue weighted by Gasteiger charge is -2.32. The topological polar surface area (TPSA) is 240 Å². The number of rotatable bonds is 21. The SMILES string of the molecule is CC(C)Cn1c(=O)n(C)c(=O)c2c(Nc3ccccc3)n(Cc3ccc(C4CCCCN4)cc3)nc21.CC(C)Cn1c(=O)n(C)c(=O)c2c(Nc3ccccc3)n(Cc3ccc(C4CCCCN4[11CH3])cc3)nc21.CC(C)Cn1c(=O)n(C)c(=O)c2c(Nc3ccccc3)n(Cc3ccc(C4CCCN4[11CH3])cc3)nc21.[11CH3]I.[11CH3]I. The molecule has 0 saturated carbocycles. The van der Waals surface area contributed by atoms with Crippen LogP contribution in [0.1, 0.15) is 144 Å².